The third-order valence-electron chi connectivity index (χ3n) is 2.90. The van der Waals surface area contributed by atoms with Gasteiger partial charge < -0.3 is 0 Å². The summed E-state index contributed by atoms with van der Waals surface area (Å²) < 4.78 is 1.71. The van der Waals surface area contributed by atoms with E-state index >= 15 is 0 Å². The van der Waals surface area contributed by atoms with Gasteiger partial charge in [0.15, 0.2) is 0 Å². The van der Waals surface area contributed by atoms with Crippen molar-refractivity contribution in [3.63, 3.8) is 0 Å². The Bertz CT molecular complexity index is 748. The highest BCUT2D eigenvalue weighted by atomic mass is 16.1. The summed E-state index contributed by atoms with van der Waals surface area (Å²) in [4.78, 5) is 20.8. The SMILES string of the molecule is CCn1cc(C(=O)c2cnc3ccccc3n2)cn1. The maximum absolute atomic E-state index is 12.3. The summed E-state index contributed by atoms with van der Waals surface area (Å²) in [5.74, 6) is -0.155. The minimum Gasteiger partial charge on any atom is -0.287 e. The fourth-order valence-corrected chi connectivity index (χ4v) is 1.87. The number of carbonyl (C=O) groups is 1. The van der Waals surface area contributed by atoms with Gasteiger partial charge in [-0.25, -0.2) is 4.98 Å². The van der Waals surface area contributed by atoms with Crippen LogP contribution in [0.4, 0.5) is 0 Å². The Balaban J connectivity index is 2.01. The zero-order valence-corrected chi connectivity index (χ0v) is 10.4. The van der Waals surface area contributed by atoms with Gasteiger partial charge in [0, 0.05) is 12.7 Å². The van der Waals surface area contributed by atoms with Crippen LogP contribution in [-0.2, 0) is 6.54 Å². The number of carbonyl (C=O) groups excluding carboxylic acids is 1. The third-order valence-corrected chi connectivity index (χ3v) is 2.90. The predicted octanol–water partition coefficient (Wildman–Crippen LogP) is 2.08. The first-order chi connectivity index (χ1) is 9.28. The Labute approximate surface area is 109 Å². The largest absolute Gasteiger partial charge is 0.287 e. The van der Waals surface area contributed by atoms with Crippen molar-refractivity contribution in [1.82, 2.24) is 19.7 Å². The topological polar surface area (TPSA) is 60.7 Å². The highest BCUT2D eigenvalue weighted by Crippen LogP contribution is 2.11. The molecule has 0 bridgehead atoms. The molecule has 0 aliphatic carbocycles. The lowest BCUT2D eigenvalue weighted by molar-refractivity contribution is 0.103. The van der Waals surface area contributed by atoms with Crippen LogP contribution in [0.25, 0.3) is 11.0 Å². The molecule has 5 nitrogen and oxygen atoms in total. The van der Waals surface area contributed by atoms with Gasteiger partial charge in [0.25, 0.3) is 0 Å². The van der Waals surface area contributed by atoms with E-state index in [-0.39, 0.29) is 5.78 Å². The van der Waals surface area contributed by atoms with Crippen LogP contribution in [0.2, 0.25) is 0 Å². The van der Waals surface area contributed by atoms with Crippen molar-refractivity contribution < 1.29 is 4.79 Å². The zero-order valence-electron chi connectivity index (χ0n) is 10.4. The van der Waals surface area contributed by atoms with Gasteiger partial charge in [-0.15, -0.1) is 0 Å². The van der Waals surface area contributed by atoms with Gasteiger partial charge in [-0.1, -0.05) is 12.1 Å². The number of fused-ring (bicyclic) bond motifs is 1. The molecule has 0 aliphatic rings. The van der Waals surface area contributed by atoms with Gasteiger partial charge in [0.05, 0.1) is 29.0 Å². The first kappa shape index (κ1) is 11.5. The summed E-state index contributed by atoms with van der Waals surface area (Å²) in [6.45, 7) is 2.70. The van der Waals surface area contributed by atoms with Crippen molar-refractivity contribution in [2.24, 2.45) is 0 Å². The number of aryl methyl sites for hydroxylation is 1. The second kappa shape index (κ2) is 4.61. The zero-order chi connectivity index (χ0) is 13.2. The molecule has 0 saturated carbocycles. The average Bonchev–Trinajstić information content (AvgIpc) is 2.95. The molecule has 0 N–H and O–H groups in total. The van der Waals surface area contributed by atoms with E-state index < -0.39 is 0 Å². The number of para-hydroxylation sites is 2. The number of hydrogen-bond donors (Lipinski definition) is 0. The van der Waals surface area contributed by atoms with Crippen molar-refractivity contribution in [3.8, 4) is 0 Å². The highest BCUT2D eigenvalue weighted by Gasteiger charge is 2.13. The molecular formula is C14H12N4O. The molecule has 3 rings (SSSR count). The van der Waals surface area contributed by atoms with E-state index in [1.54, 1.807) is 17.1 Å². The standard InChI is InChI=1S/C14H12N4O/c1-2-18-9-10(7-16-18)14(19)13-8-15-11-5-3-4-6-12(11)17-13/h3-9H,2H2,1H3. The molecule has 0 spiro atoms. The van der Waals surface area contributed by atoms with Gasteiger partial charge in [-0.05, 0) is 19.1 Å². The summed E-state index contributed by atoms with van der Waals surface area (Å²) in [6, 6.07) is 7.48. The molecule has 0 unspecified atom stereocenters. The molecule has 1 aromatic carbocycles. The van der Waals surface area contributed by atoms with Crippen LogP contribution in [0.1, 0.15) is 23.0 Å². The van der Waals surface area contributed by atoms with E-state index in [0.29, 0.717) is 11.3 Å². The van der Waals surface area contributed by atoms with E-state index in [2.05, 4.69) is 15.1 Å². The first-order valence-corrected chi connectivity index (χ1v) is 6.07. The number of hydrogen-bond acceptors (Lipinski definition) is 4. The van der Waals surface area contributed by atoms with Crippen molar-refractivity contribution in [2.45, 2.75) is 13.5 Å². The van der Waals surface area contributed by atoms with Crippen molar-refractivity contribution in [3.05, 3.63) is 54.1 Å². The van der Waals surface area contributed by atoms with Crippen molar-refractivity contribution in [1.29, 1.82) is 0 Å². The summed E-state index contributed by atoms with van der Waals surface area (Å²) >= 11 is 0. The minimum absolute atomic E-state index is 0.155. The van der Waals surface area contributed by atoms with Gasteiger partial charge in [-0.2, -0.15) is 5.10 Å². The van der Waals surface area contributed by atoms with Crippen LogP contribution in [0.3, 0.4) is 0 Å². The number of aromatic nitrogens is 4. The molecular weight excluding hydrogens is 240 g/mol. The summed E-state index contributed by atoms with van der Waals surface area (Å²) in [6.07, 6.45) is 4.79. The number of benzene rings is 1. The van der Waals surface area contributed by atoms with Crippen LogP contribution in [0.15, 0.2) is 42.9 Å². The third kappa shape index (κ3) is 2.10. The van der Waals surface area contributed by atoms with Crippen LogP contribution in [0, 0.1) is 0 Å². The quantitative estimate of drug-likeness (QED) is 0.669. The summed E-state index contributed by atoms with van der Waals surface area (Å²) in [5.41, 5.74) is 2.38. The predicted molar refractivity (Wildman–Crippen MR) is 70.9 cm³/mol. The minimum atomic E-state index is -0.155. The summed E-state index contributed by atoms with van der Waals surface area (Å²) in [7, 11) is 0. The van der Waals surface area contributed by atoms with Crippen LogP contribution in [0.5, 0.6) is 0 Å². The monoisotopic (exact) mass is 252 g/mol. The molecule has 0 saturated heterocycles. The first-order valence-electron chi connectivity index (χ1n) is 6.07. The molecule has 0 aliphatic heterocycles. The van der Waals surface area contributed by atoms with Crippen LogP contribution >= 0.6 is 0 Å². The second-order valence-corrected chi connectivity index (χ2v) is 4.16. The molecule has 94 valence electrons. The van der Waals surface area contributed by atoms with E-state index in [4.69, 9.17) is 0 Å². The average molecular weight is 252 g/mol. The lowest BCUT2D eigenvalue weighted by atomic mass is 10.2. The van der Waals surface area contributed by atoms with E-state index in [9.17, 15) is 4.79 Å². The van der Waals surface area contributed by atoms with E-state index in [0.717, 1.165) is 17.6 Å². The Morgan fingerprint density at radius 1 is 1.21 bits per heavy atom. The second-order valence-electron chi connectivity index (χ2n) is 4.16. The highest BCUT2D eigenvalue weighted by molar-refractivity contribution is 6.07. The molecule has 2 heterocycles. The molecule has 0 fully saturated rings. The van der Waals surface area contributed by atoms with Crippen molar-refractivity contribution >= 4 is 16.8 Å². The molecule has 0 radical (unpaired) electrons. The summed E-state index contributed by atoms with van der Waals surface area (Å²) in [5, 5.41) is 4.09. The lowest BCUT2D eigenvalue weighted by Crippen LogP contribution is -2.04. The Morgan fingerprint density at radius 2 is 2.00 bits per heavy atom. The Morgan fingerprint density at radius 3 is 2.74 bits per heavy atom. The van der Waals surface area contributed by atoms with E-state index in [1.807, 2.05) is 31.2 Å². The maximum atomic E-state index is 12.3. The van der Waals surface area contributed by atoms with Gasteiger partial charge in [0.1, 0.15) is 5.69 Å². The number of ketones is 1. The fraction of sp³-hybridized carbons (Fsp3) is 0.143. The Hall–Kier alpha value is -2.56. The fourth-order valence-electron chi connectivity index (χ4n) is 1.87. The molecule has 0 amide bonds. The van der Waals surface area contributed by atoms with Crippen molar-refractivity contribution in [2.75, 3.05) is 0 Å². The van der Waals surface area contributed by atoms with Crippen LogP contribution in [-0.4, -0.2) is 25.5 Å². The van der Waals surface area contributed by atoms with Crippen LogP contribution < -0.4 is 0 Å². The van der Waals surface area contributed by atoms with E-state index in [1.165, 1.54) is 6.20 Å². The molecule has 19 heavy (non-hydrogen) atoms. The molecule has 5 heteroatoms. The number of rotatable bonds is 3. The smallest absolute Gasteiger partial charge is 0.216 e. The lowest BCUT2D eigenvalue weighted by Gasteiger charge is -1.99. The van der Waals surface area contributed by atoms with Gasteiger partial charge >= 0.3 is 0 Å². The molecule has 0 atom stereocenters. The normalized spacial score (nSPS) is 10.8. The Kier molecular flexibility index (Phi) is 2.79. The van der Waals surface area contributed by atoms with Gasteiger partial charge in [-0.3, -0.25) is 14.5 Å². The maximum Gasteiger partial charge on any atom is 0.216 e. The van der Waals surface area contributed by atoms with Gasteiger partial charge in [0.2, 0.25) is 5.78 Å². The molecule has 3 aromatic rings. The molecule has 2 aromatic heterocycles. The number of nitrogens with zero attached hydrogens (tertiary/aromatic N) is 4.